The maximum atomic E-state index is 10.9. The zero-order valence-corrected chi connectivity index (χ0v) is 8.24. The van der Waals surface area contributed by atoms with E-state index in [1.54, 1.807) is 6.07 Å². The lowest BCUT2D eigenvalue weighted by Crippen LogP contribution is -2.12. The summed E-state index contributed by atoms with van der Waals surface area (Å²) in [5.41, 5.74) is 0. The van der Waals surface area contributed by atoms with E-state index >= 15 is 0 Å². The molecule has 1 atom stereocenters. The first-order valence-electron chi connectivity index (χ1n) is 3.21. The number of benzene rings is 1. The molecular formula is C6H7NO4PS+. The van der Waals surface area contributed by atoms with Crippen LogP contribution >= 0.6 is 8.69 Å². The van der Waals surface area contributed by atoms with Gasteiger partial charge in [-0.25, -0.2) is 13.6 Å². The maximum Gasteiger partial charge on any atom is 0.542 e. The van der Waals surface area contributed by atoms with E-state index in [4.69, 9.17) is 5.14 Å². The van der Waals surface area contributed by atoms with E-state index in [1.165, 1.54) is 18.2 Å². The summed E-state index contributed by atoms with van der Waals surface area (Å²) in [6.07, 6.45) is 0. The molecule has 0 bridgehead atoms. The third kappa shape index (κ3) is 2.48. The van der Waals surface area contributed by atoms with Gasteiger partial charge in [-0.1, -0.05) is 12.1 Å². The minimum Gasteiger partial charge on any atom is -0.254 e. The van der Waals surface area contributed by atoms with Crippen molar-refractivity contribution >= 4 is 18.7 Å². The number of hydrogen-bond acceptors (Lipinski definition) is 4. The molecule has 0 spiro atoms. The molecule has 0 saturated carbocycles. The van der Waals surface area contributed by atoms with Gasteiger partial charge in [0.1, 0.15) is 4.90 Å². The summed E-state index contributed by atoms with van der Waals surface area (Å²) in [6, 6.07) is 5.72. The molecule has 0 aliphatic carbocycles. The third-order valence-corrected chi connectivity index (χ3v) is 2.56. The third-order valence-electron chi connectivity index (χ3n) is 1.31. The molecule has 0 saturated heterocycles. The van der Waals surface area contributed by atoms with E-state index in [1.807, 2.05) is 0 Å². The van der Waals surface area contributed by atoms with Crippen LogP contribution in [-0.2, 0) is 14.6 Å². The average molecular weight is 220 g/mol. The summed E-state index contributed by atoms with van der Waals surface area (Å²) in [4.78, 5) is -0.168. The average Bonchev–Trinajstić information content (AvgIpc) is 2.04. The zero-order chi connectivity index (χ0) is 9.90. The SMILES string of the molecule is NS(=O)(=O)c1ccccc1O[PH+]=O. The molecule has 1 aromatic rings. The summed E-state index contributed by atoms with van der Waals surface area (Å²) >= 11 is 0. The predicted octanol–water partition coefficient (Wildman–Crippen LogP) is 0.652. The minimum absolute atomic E-state index is 0.00154. The molecule has 7 heteroatoms. The fourth-order valence-corrected chi connectivity index (χ4v) is 1.81. The van der Waals surface area contributed by atoms with Crippen molar-refractivity contribution in [2.75, 3.05) is 0 Å². The lowest BCUT2D eigenvalue weighted by molar-refractivity contribution is 0.516. The summed E-state index contributed by atoms with van der Waals surface area (Å²) in [6.45, 7) is 0. The summed E-state index contributed by atoms with van der Waals surface area (Å²) in [5, 5.41) is 4.88. The second-order valence-corrected chi connectivity index (χ2v) is 4.08. The Morgan fingerprint density at radius 2 is 1.92 bits per heavy atom. The van der Waals surface area contributed by atoms with Gasteiger partial charge in [-0.15, -0.1) is 0 Å². The Kier molecular flexibility index (Phi) is 2.98. The monoisotopic (exact) mass is 220 g/mol. The van der Waals surface area contributed by atoms with Crippen LogP contribution in [0.2, 0.25) is 0 Å². The lowest BCUT2D eigenvalue weighted by Gasteiger charge is -1.99. The molecule has 0 aliphatic rings. The Bertz CT molecular complexity index is 416. The van der Waals surface area contributed by atoms with Crippen LogP contribution in [0.3, 0.4) is 0 Å². The highest BCUT2D eigenvalue weighted by Gasteiger charge is 2.16. The highest BCUT2D eigenvalue weighted by molar-refractivity contribution is 7.89. The summed E-state index contributed by atoms with van der Waals surface area (Å²) < 4.78 is 36.6. The minimum atomic E-state index is -3.82. The molecule has 2 N–H and O–H groups in total. The van der Waals surface area contributed by atoms with Crippen LogP contribution in [0.1, 0.15) is 0 Å². The molecule has 0 aromatic heterocycles. The van der Waals surface area contributed by atoms with Crippen LogP contribution in [0, 0.1) is 0 Å². The second kappa shape index (κ2) is 3.83. The van der Waals surface area contributed by atoms with Crippen molar-refractivity contribution in [1.82, 2.24) is 0 Å². The molecule has 0 aliphatic heterocycles. The van der Waals surface area contributed by atoms with Crippen molar-refractivity contribution in [3.63, 3.8) is 0 Å². The van der Waals surface area contributed by atoms with Crippen LogP contribution in [0.15, 0.2) is 29.2 Å². The van der Waals surface area contributed by atoms with Crippen molar-refractivity contribution in [2.24, 2.45) is 5.14 Å². The van der Waals surface area contributed by atoms with Crippen LogP contribution in [0.4, 0.5) is 0 Å². The van der Waals surface area contributed by atoms with Gasteiger partial charge in [0, 0.05) is 0 Å². The van der Waals surface area contributed by atoms with Crippen LogP contribution in [0.25, 0.3) is 0 Å². The molecule has 70 valence electrons. The zero-order valence-electron chi connectivity index (χ0n) is 6.43. The normalized spacial score (nSPS) is 11.5. The first-order valence-corrected chi connectivity index (χ1v) is 5.58. The van der Waals surface area contributed by atoms with E-state index in [0.29, 0.717) is 0 Å². The Labute approximate surface area is 76.9 Å². The van der Waals surface area contributed by atoms with Gasteiger partial charge < -0.3 is 0 Å². The molecular weight excluding hydrogens is 213 g/mol. The second-order valence-electron chi connectivity index (χ2n) is 2.18. The van der Waals surface area contributed by atoms with Gasteiger partial charge in [-0.3, -0.25) is 4.52 Å². The summed E-state index contributed by atoms with van der Waals surface area (Å²) in [5.74, 6) is -0.00154. The van der Waals surface area contributed by atoms with Gasteiger partial charge >= 0.3 is 8.69 Å². The van der Waals surface area contributed by atoms with Gasteiger partial charge in [-0.05, 0) is 16.7 Å². The lowest BCUT2D eigenvalue weighted by atomic mass is 10.3. The Morgan fingerprint density at radius 3 is 2.46 bits per heavy atom. The van der Waals surface area contributed by atoms with E-state index in [-0.39, 0.29) is 10.6 Å². The maximum absolute atomic E-state index is 10.9. The van der Waals surface area contributed by atoms with E-state index < -0.39 is 18.7 Å². The van der Waals surface area contributed by atoms with Crippen LogP contribution < -0.4 is 9.66 Å². The Hall–Kier alpha value is -0.970. The van der Waals surface area contributed by atoms with E-state index in [9.17, 15) is 13.0 Å². The van der Waals surface area contributed by atoms with Crippen LogP contribution in [0.5, 0.6) is 5.75 Å². The highest BCUT2D eigenvalue weighted by Crippen LogP contribution is 2.24. The molecule has 1 rings (SSSR count). The topological polar surface area (TPSA) is 86.5 Å². The van der Waals surface area contributed by atoms with E-state index in [2.05, 4.69) is 4.52 Å². The smallest absolute Gasteiger partial charge is 0.254 e. The molecule has 0 amide bonds. The van der Waals surface area contributed by atoms with Crippen LogP contribution in [-0.4, -0.2) is 8.42 Å². The molecule has 0 heterocycles. The largest absolute Gasteiger partial charge is 0.542 e. The van der Waals surface area contributed by atoms with Gasteiger partial charge in [-0.2, -0.15) is 0 Å². The number of rotatable bonds is 3. The standard InChI is InChI=1S/C6H7NO4PS/c7-13(9,10)6-4-2-1-3-5(6)11-12-8/h1-4,12H,(H2,7,9,10)/q+1. The van der Waals surface area contributed by atoms with Crippen molar-refractivity contribution in [3.05, 3.63) is 24.3 Å². The first kappa shape index (κ1) is 10.1. The van der Waals surface area contributed by atoms with Gasteiger partial charge in [0.2, 0.25) is 15.8 Å². The fourth-order valence-electron chi connectivity index (χ4n) is 0.814. The highest BCUT2D eigenvalue weighted by atomic mass is 32.2. The Balaban J connectivity index is 3.28. The van der Waals surface area contributed by atoms with Crippen molar-refractivity contribution in [3.8, 4) is 5.75 Å². The molecule has 5 nitrogen and oxygen atoms in total. The molecule has 0 radical (unpaired) electrons. The number of para-hydroxylation sites is 1. The first-order chi connectivity index (χ1) is 6.05. The van der Waals surface area contributed by atoms with Crippen molar-refractivity contribution in [1.29, 1.82) is 0 Å². The van der Waals surface area contributed by atoms with Gasteiger partial charge in [0.05, 0.1) is 0 Å². The molecule has 1 unspecified atom stereocenters. The molecule has 13 heavy (non-hydrogen) atoms. The molecule has 0 fully saturated rings. The predicted molar refractivity (Wildman–Crippen MR) is 47.4 cm³/mol. The van der Waals surface area contributed by atoms with Gasteiger partial charge in [0.25, 0.3) is 0 Å². The quantitative estimate of drug-likeness (QED) is 0.757. The van der Waals surface area contributed by atoms with E-state index in [0.717, 1.165) is 0 Å². The van der Waals surface area contributed by atoms with Crippen molar-refractivity contribution < 1.29 is 17.5 Å². The number of hydrogen-bond donors (Lipinski definition) is 1. The fraction of sp³-hybridized carbons (Fsp3) is 0. The van der Waals surface area contributed by atoms with Crippen molar-refractivity contribution in [2.45, 2.75) is 4.90 Å². The Morgan fingerprint density at radius 1 is 1.31 bits per heavy atom. The number of sulfonamides is 1. The number of nitrogens with two attached hydrogens (primary N) is 1. The summed E-state index contributed by atoms with van der Waals surface area (Å²) in [7, 11) is -4.87. The molecule has 1 aromatic carbocycles. The number of primary sulfonamides is 1. The van der Waals surface area contributed by atoms with Gasteiger partial charge in [0.15, 0.2) is 0 Å².